The summed E-state index contributed by atoms with van der Waals surface area (Å²) in [6.07, 6.45) is 21.3. The molecule has 0 amide bonds. The Balaban J connectivity index is 1.87. The van der Waals surface area contributed by atoms with Crippen molar-refractivity contribution in [2.45, 2.75) is 64.7 Å². The van der Waals surface area contributed by atoms with E-state index in [1.807, 2.05) is 6.08 Å². The first-order valence-electron chi connectivity index (χ1n) is 12.2. The monoisotopic (exact) mass is 398 g/mol. The highest BCUT2D eigenvalue weighted by Crippen LogP contribution is 2.52. The molecule has 2 saturated carbocycles. The fourth-order valence-electron chi connectivity index (χ4n) is 6.56. The maximum Gasteiger partial charge on any atom is 0.00953 e. The average Bonchev–Trinajstić information content (AvgIpc) is 3.32. The highest BCUT2D eigenvalue weighted by Gasteiger charge is 2.39. The van der Waals surface area contributed by atoms with Crippen LogP contribution in [0.4, 0.5) is 0 Å². The predicted octanol–water partition coefficient (Wildman–Crippen LogP) is 8.70. The second kappa shape index (κ2) is 9.82. The lowest BCUT2D eigenvalue weighted by molar-refractivity contribution is 0.323. The van der Waals surface area contributed by atoms with E-state index in [9.17, 15) is 0 Å². The fourth-order valence-corrected chi connectivity index (χ4v) is 6.56. The number of allylic oxidation sites excluding steroid dienone is 8. The molecule has 30 heavy (non-hydrogen) atoms. The van der Waals surface area contributed by atoms with Crippen molar-refractivity contribution in [3.63, 3.8) is 0 Å². The van der Waals surface area contributed by atoms with Gasteiger partial charge in [0.25, 0.3) is 0 Å². The molecule has 1 aromatic rings. The zero-order valence-corrected chi connectivity index (χ0v) is 18.8. The molecular formula is C30H38. The molecule has 0 nitrogen and oxygen atoms in total. The molecule has 0 aromatic heterocycles. The molecule has 0 N–H and O–H groups in total. The van der Waals surface area contributed by atoms with Crippen LogP contribution in [0.5, 0.6) is 0 Å². The zero-order valence-electron chi connectivity index (χ0n) is 18.8. The summed E-state index contributed by atoms with van der Waals surface area (Å²) in [6, 6.07) is 11.1. The third-order valence-corrected chi connectivity index (χ3v) is 7.88. The fraction of sp³-hybridized carbons (Fsp3) is 0.467. The van der Waals surface area contributed by atoms with E-state index in [1.165, 1.54) is 74.5 Å². The Bertz CT molecular complexity index is 835. The molecule has 0 radical (unpaired) electrons. The third-order valence-electron chi connectivity index (χ3n) is 7.88. The van der Waals surface area contributed by atoms with Gasteiger partial charge in [0, 0.05) is 5.92 Å². The molecule has 158 valence electrons. The number of hydrogen-bond acceptors (Lipinski definition) is 0. The molecular weight excluding hydrogens is 360 g/mol. The summed E-state index contributed by atoms with van der Waals surface area (Å²) < 4.78 is 0. The number of hydrogen-bond donors (Lipinski definition) is 0. The van der Waals surface area contributed by atoms with Gasteiger partial charge in [0.1, 0.15) is 0 Å². The summed E-state index contributed by atoms with van der Waals surface area (Å²) in [7, 11) is 0. The van der Waals surface area contributed by atoms with Crippen LogP contribution < -0.4 is 0 Å². The Morgan fingerprint density at radius 3 is 2.20 bits per heavy atom. The van der Waals surface area contributed by atoms with E-state index in [-0.39, 0.29) is 0 Å². The van der Waals surface area contributed by atoms with Crippen LogP contribution in [0.1, 0.15) is 70.3 Å². The van der Waals surface area contributed by atoms with Gasteiger partial charge in [-0.1, -0.05) is 105 Å². The quantitative estimate of drug-likeness (QED) is 0.420. The van der Waals surface area contributed by atoms with E-state index >= 15 is 0 Å². The molecule has 4 rings (SSSR count). The van der Waals surface area contributed by atoms with Crippen LogP contribution in [-0.4, -0.2) is 0 Å². The predicted molar refractivity (Wildman–Crippen MR) is 131 cm³/mol. The Labute approximate surface area is 184 Å². The van der Waals surface area contributed by atoms with Crippen LogP contribution in [0, 0.1) is 23.7 Å². The molecule has 3 aliphatic rings. The summed E-state index contributed by atoms with van der Waals surface area (Å²) >= 11 is 0. The maximum absolute atomic E-state index is 4.19. The molecule has 0 spiro atoms. The van der Waals surface area contributed by atoms with E-state index in [0.717, 1.165) is 11.8 Å². The first-order valence-corrected chi connectivity index (χ1v) is 12.2. The summed E-state index contributed by atoms with van der Waals surface area (Å²) in [4.78, 5) is 0. The molecule has 2 atom stereocenters. The van der Waals surface area contributed by atoms with Crippen LogP contribution in [0.2, 0.25) is 0 Å². The molecule has 0 aliphatic heterocycles. The van der Waals surface area contributed by atoms with Gasteiger partial charge in [0.2, 0.25) is 0 Å². The van der Waals surface area contributed by atoms with Crippen LogP contribution in [0.3, 0.4) is 0 Å². The van der Waals surface area contributed by atoms with Gasteiger partial charge in [-0.25, -0.2) is 0 Å². The van der Waals surface area contributed by atoms with Crippen LogP contribution in [0.15, 0.2) is 84.5 Å². The van der Waals surface area contributed by atoms with Gasteiger partial charge in [-0.3, -0.25) is 0 Å². The van der Waals surface area contributed by atoms with E-state index in [1.54, 1.807) is 11.1 Å². The van der Waals surface area contributed by atoms with Crippen molar-refractivity contribution in [2.75, 3.05) is 0 Å². The first kappa shape index (κ1) is 21.2. The molecule has 0 heteroatoms. The smallest absolute Gasteiger partial charge is 0.00953 e. The molecule has 0 bridgehead atoms. The zero-order chi connectivity index (χ0) is 20.9. The van der Waals surface area contributed by atoms with Crippen molar-refractivity contribution in [3.8, 4) is 0 Å². The molecule has 0 saturated heterocycles. The minimum atomic E-state index is 0.408. The third kappa shape index (κ3) is 4.20. The minimum Gasteiger partial charge on any atom is -0.0991 e. The molecule has 2 unspecified atom stereocenters. The van der Waals surface area contributed by atoms with Gasteiger partial charge in [-0.2, -0.15) is 0 Å². The Morgan fingerprint density at radius 1 is 0.900 bits per heavy atom. The largest absolute Gasteiger partial charge is 0.0991 e. The number of benzene rings is 1. The summed E-state index contributed by atoms with van der Waals surface area (Å²) in [5.41, 5.74) is 7.58. The topological polar surface area (TPSA) is 0 Å². The Hall–Kier alpha value is -2.08. The lowest BCUT2D eigenvalue weighted by atomic mass is 9.63. The lowest BCUT2D eigenvalue weighted by Crippen LogP contribution is -2.29. The van der Waals surface area contributed by atoms with Gasteiger partial charge < -0.3 is 0 Å². The minimum absolute atomic E-state index is 0.408. The normalized spacial score (nSPS) is 26.6. The SMILES string of the molecule is C=C/C=C(\C=C)C1C=C(c2ccccc2)C(C2CCCCC2)=C(C)C1C1CCCC1. The summed E-state index contributed by atoms with van der Waals surface area (Å²) in [6.45, 7) is 10.7. The van der Waals surface area contributed by atoms with E-state index in [2.05, 4.69) is 68.6 Å². The molecule has 3 aliphatic carbocycles. The lowest BCUT2D eigenvalue weighted by Gasteiger charge is -2.41. The maximum atomic E-state index is 4.19. The summed E-state index contributed by atoms with van der Waals surface area (Å²) in [5, 5.41) is 0. The Kier molecular flexibility index (Phi) is 6.93. The Morgan fingerprint density at radius 2 is 1.57 bits per heavy atom. The van der Waals surface area contributed by atoms with Crippen molar-refractivity contribution in [1.29, 1.82) is 0 Å². The van der Waals surface area contributed by atoms with Crippen molar-refractivity contribution in [3.05, 3.63) is 90.1 Å². The van der Waals surface area contributed by atoms with Crippen molar-refractivity contribution in [1.82, 2.24) is 0 Å². The van der Waals surface area contributed by atoms with Gasteiger partial charge >= 0.3 is 0 Å². The van der Waals surface area contributed by atoms with Gasteiger partial charge in [0.15, 0.2) is 0 Å². The van der Waals surface area contributed by atoms with Crippen molar-refractivity contribution < 1.29 is 0 Å². The average molecular weight is 399 g/mol. The molecule has 0 heterocycles. The highest BCUT2D eigenvalue weighted by molar-refractivity contribution is 5.82. The van der Waals surface area contributed by atoms with E-state index in [0.29, 0.717) is 11.8 Å². The van der Waals surface area contributed by atoms with Crippen LogP contribution in [-0.2, 0) is 0 Å². The van der Waals surface area contributed by atoms with E-state index < -0.39 is 0 Å². The highest BCUT2D eigenvalue weighted by atomic mass is 14.4. The standard InChI is InChI=1S/C30H38/c1-4-14-23(5-2)27-21-28(24-15-8-6-9-16-24)30(25-17-10-7-11-18-25)22(3)29(27)26-19-12-13-20-26/h4-6,8-9,14-16,21,25-27,29H,1-2,7,10-13,17-20H2,3H3/b23-14+. The molecule has 1 aromatic carbocycles. The molecule has 2 fully saturated rings. The second-order valence-electron chi connectivity index (χ2n) is 9.58. The summed E-state index contributed by atoms with van der Waals surface area (Å²) in [5.74, 6) is 2.55. The van der Waals surface area contributed by atoms with Crippen LogP contribution in [0.25, 0.3) is 5.57 Å². The van der Waals surface area contributed by atoms with Crippen molar-refractivity contribution >= 4 is 5.57 Å². The second-order valence-corrected chi connectivity index (χ2v) is 9.58. The van der Waals surface area contributed by atoms with Gasteiger partial charge in [0.05, 0.1) is 0 Å². The first-order chi connectivity index (χ1) is 14.7. The number of rotatable bonds is 6. The van der Waals surface area contributed by atoms with Gasteiger partial charge in [-0.15, -0.1) is 0 Å². The van der Waals surface area contributed by atoms with E-state index in [4.69, 9.17) is 0 Å². The van der Waals surface area contributed by atoms with Crippen molar-refractivity contribution in [2.24, 2.45) is 23.7 Å². The van der Waals surface area contributed by atoms with Gasteiger partial charge in [-0.05, 0) is 72.6 Å². The van der Waals surface area contributed by atoms with Crippen LogP contribution >= 0.6 is 0 Å².